The summed E-state index contributed by atoms with van der Waals surface area (Å²) in [6, 6.07) is 2.71. The lowest BCUT2D eigenvalue weighted by Crippen LogP contribution is -2.35. The molecule has 0 aliphatic carbocycles. The van der Waals surface area contributed by atoms with Crippen LogP contribution in [-0.2, 0) is 17.1 Å². The van der Waals surface area contributed by atoms with Crippen molar-refractivity contribution >= 4 is 10.0 Å². The number of hydrogen-bond acceptors (Lipinski definition) is 7. The highest BCUT2D eigenvalue weighted by molar-refractivity contribution is 7.89. The number of sulfonamides is 1. The van der Waals surface area contributed by atoms with Crippen LogP contribution in [0.1, 0.15) is 37.5 Å². The molecule has 142 valence electrons. The lowest BCUT2D eigenvalue weighted by Gasteiger charge is -2.26. The van der Waals surface area contributed by atoms with E-state index >= 15 is 0 Å². The van der Waals surface area contributed by atoms with Crippen molar-refractivity contribution in [3.8, 4) is 11.5 Å². The van der Waals surface area contributed by atoms with Crippen molar-refractivity contribution < 1.29 is 12.9 Å². The van der Waals surface area contributed by atoms with Gasteiger partial charge in [-0.25, -0.2) is 8.42 Å². The van der Waals surface area contributed by atoms with Crippen LogP contribution in [0.5, 0.6) is 0 Å². The zero-order valence-electron chi connectivity index (χ0n) is 14.9. The molecule has 1 saturated heterocycles. The van der Waals surface area contributed by atoms with Gasteiger partial charge in [-0.3, -0.25) is 9.67 Å². The quantitative estimate of drug-likeness (QED) is 0.674. The molecule has 0 N–H and O–H groups in total. The Kier molecular flexibility index (Phi) is 4.75. The maximum atomic E-state index is 13.2. The third-order valence-corrected chi connectivity index (χ3v) is 6.53. The molecule has 27 heavy (non-hydrogen) atoms. The predicted molar refractivity (Wildman–Crippen MR) is 95.8 cm³/mol. The Bertz CT molecular complexity index is 1010. The molecule has 0 amide bonds. The molecule has 4 rings (SSSR count). The molecule has 3 aromatic heterocycles. The van der Waals surface area contributed by atoms with Gasteiger partial charge in [0.2, 0.25) is 10.0 Å². The first-order valence-corrected chi connectivity index (χ1v) is 10.2. The van der Waals surface area contributed by atoms with Crippen LogP contribution in [0.15, 0.2) is 46.3 Å². The van der Waals surface area contributed by atoms with Crippen LogP contribution < -0.4 is 0 Å². The molecule has 1 aliphatic heterocycles. The second-order valence-corrected chi connectivity index (χ2v) is 8.42. The molecule has 1 unspecified atom stereocenters. The molecular weight excluding hydrogens is 368 g/mol. The van der Waals surface area contributed by atoms with E-state index in [1.54, 1.807) is 42.5 Å². The minimum absolute atomic E-state index is 0.174. The number of aryl methyl sites for hydroxylation is 1. The van der Waals surface area contributed by atoms with Gasteiger partial charge < -0.3 is 4.52 Å². The minimum Gasteiger partial charge on any atom is -0.334 e. The number of aromatic nitrogens is 5. The normalized spacial score (nSPS) is 19.1. The number of hydrogen-bond donors (Lipinski definition) is 0. The first-order chi connectivity index (χ1) is 13.1. The van der Waals surface area contributed by atoms with E-state index in [9.17, 15) is 8.42 Å². The zero-order valence-corrected chi connectivity index (χ0v) is 15.7. The monoisotopic (exact) mass is 388 g/mol. The van der Waals surface area contributed by atoms with Gasteiger partial charge in [-0.05, 0) is 25.0 Å². The third-order valence-electron chi connectivity index (χ3n) is 4.64. The van der Waals surface area contributed by atoms with Crippen molar-refractivity contribution in [1.82, 2.24) is 29.2 Å². The predicted octanol–water partition coefficient (Wildman–Crippen LogP) is 2.17. The van der Waals surface area contributed by atoms with Crippen LogP contribution in [0.3, 0.4) is 0 Å². The smallest absolute Gasteiger partial charge is 0.261 e. The second kappa shape index (κ2) is 7.20. The summed E-state index contributed by atoms with van der Waals surface area (Å²) in [5, 5.41) is 8.18. The summed E-state index contributed by atoms with van der Waals surface area (Å²) in [4.78, 5) is 8.59. The Hall–Kier alpha value is -2.59. The van der Waals surface area contributed by atoms with Gasteiger partial charge in [0.1, 0.15) is 4.90 Å². The lowest BCUT2D eigenvalue weighted by atomic mass is 10.1. The molecule has 0 saturated carbocycles. The zero-order chi connectivity index (χ0) is 18.9. The van der Waals surface area contributed by atoms with E-state index in [1.807, 2.05) is 0 Å². The number of pyridine rings is 1. The third kappa shape index (κ3) is 3.50. The topological polar surface area (TPSA) is 107 Å². The summed E-state index contributed by atoms with van der Waals surface area (Å²) in [6.45, 7) is 0.415. The fourth-order valence-corrected chi connectivity index (χ4v) is 4.90. The van der Waals surface area contributed by atoms with Crippen molar-refractivity contribution in [2.75, 3.05) is 6.54 Å². The fraction of sp³-hybridized carbons (Fsp3) is 0.412. The molecule has 0 aromatic carbocycles. The average Bonchev–Trinajstić information content (AvgIpc) is 3.25. The van der Waals surface area contributed by atoms with Gasteiger partial charge in [0.05, 0.1) is 17.8 Å². The van der Waals surface area contributed by atoms with E-state index in [1.165, 1.54) is 10.5 Å². The SMILES string of the molecule is Cn1cc(-c2nc(C3CCCCCN3S(=O)(=O)c3cccnc3)no2)cn1. The van der Waals surface area contributed by atoms with Crippen LogP contribution in [0, 0.1) is 0 Å². The van der Waals surface area contributed by atoms with Crippen molar-refractivity contribution in [3.05, 3.63) is 42.7 Å². The van der Waals surface area contributed by atoms with E-state index in [4.69, 9.17) is 4.52 Å². The first-order valence-electron chi connectivity index (χ1n) is 8.80. The Morgan fingerprint density at radius 1 is 1.22 bits per heavy atom. The molecule has 0 bridgehead atoms. The summed E-state index contributed by atoms with van der Waals surface area (Å²) in [7, 11) is -1.90. The van der Waals surface area contributed by atoms with Crippen LogP contribution in [0.2, 0.25) is 0 Å². The van der Waals surface area contributed by atoms with Gasteiger partial charge in [0, 0.05) is 32.2 Å². The summed E-state index contributed by atoms with van der Waals surface area (Å²) >= 11 is 0. The Morgan fingerprint density at radius 2 is 2.11 bits per heavy atom. The van der Waals surface area contributed by atoms with Gasteiger partial charge in [-0.2, -0.15) is 14.4 Å². The standard InChI is InChI=1S/C17H20N6O3S/c1-22-12-13(10-19-22)17-20-16(21-26-17)15-7-3-2-4-9-23(15)27(24,25)14-6-5-8-18-11-14/h5-6,8,10-12,15H,2-4,7,9H2,1H3. The van der Waals surface area contributed by atoms with Crippen LogP contribution >= 0.6 is 0 Å². The average molecular weight is 388 g/mol. The summed E-state index contributed by atoms with van der Waals surface area (Å²) in [5.74, 6) is 0.712. The maximum absolute atomic E-state index is 13.2. The highest BCUT2D eigenvalue weighted by Crippen LogP contribution is 2.34. The molecule has 9 nitrogen and oxygen atoms in total. The van der Waals surface area contributed by atoms with E-state index < -0.39 is 16.1 Å². The van der Waals surface area contributed by atoms with Crippen molar-refractivity contribution in [1.29, 1.82) is 0 Å². The molecule has 1 fully saturated rings. The highest BCUT2D eigenvalue weighted by atomic mass is 32.2. The molecule has 1 atom stereocenters. The fourth-order valence-electron chi connectivity index (χ4n) is 3.28. The van der Waals surface area contributed by atoms with Crippen molar-refractivity contribution in [2.24, 2.45) is 7.05 Å². The van der Waals surface area contributed by atoms with Crippen LogP contribution in [0.4, 0.5) is 0 Å². The molecule has 4 heterocycles. The van der Waals surface area contributed by atoms with E-state index in [2.05, 4.69) is 20.2 Å². The van der Waals surface area contributed by atoms with E-state index in [-0.39, 0.29) is 4.90 Å². The highest BCUT2D eigenvalue weighted by Gasteiger charge is 2.36. The number of rotatable bonds is 4. The molecule has 0 spiro atoms. The van der Waals surface area contributed by atoms with Gasteiger partial charge in [-0.15, -0.1) is 0 Å². The van der Waals surface area contributed by atoms with Gasteiger partial charge >= 0.3 is 0 Å². The summed E-state index contributed by atoms with van der Waals surface area (Å²) in [6.07, 6.45) is 9.63. The van der Waals surface area contributed by atoms with Gasteiger partial charge in [-0.1, -0.05) is 18.0 Å². The minimum atomic E-state index is -3.70. The Balaban J connectivity index is 1.70. The van der Waals surface area contributed by atoms with E-state index in [0.717, 1.165) is 19.3 Å². The van der Waals surface area contributed by atoms with E-state index in [0.29, 0.717) is 30.2 Å². The molecule has 0 radical (unpaired) electrons. The number of nitrogens with zero attached hydrogens (tertiary/aromatic N) is 6. The molecule has 10 heteroatoms. The Morgan fingerprint density at radius 3 is 2.85 bits per heavy atom. The van der Waals surface area contributed by atoms with Gasteiger partial charge in [0.15, 0.2) is 5.82 Å². The van der Waals surface area contributed by atoms with Crippen LogP contribution in [-0.4, -0.2) is 44.2 Å². The lowest BCUT2D eigenvalue weighted by molar-refractivity contribution is 0.305. The summed E-state index contributed by atoms with van der Waals surface area (Å²) < 4.78 is 34.9. The molecule has 3 aromatic rings. The molecular formula is C17H20N6O3S. The summed E-state index contributed by atoms with van der Waals surface area (Å²) in [5.41, 5.74) is 0.700. The largest absolute Gasteiger partial charge is 0.334 e. The first kappa shape index (κ1) is 17.8. The van der Waals surface area contributed by atoms with Crippen molar-refractivity contribution in [2.45, 2.75) is 36.6 Å². The van der Waals surface area contributed by atoms with Crippen LogP contribution in [0.25, 0.3) is 11.5 Å². The Labute approximate surface area is 157 Å². The van der Waals surface area contributed by atoms with Crippen molar-refractivity contribution in [3.63, 3.8) is 0 Å². The second-order valence-electron chi connectivity index (χ2n) is 6.53. The van der Waals surface area contributed by atoms with Gasteiger partial charge in [0.25, 0.3) is 5.89 Å². The molecule has 1 aliphatic rings. The maximum Gasteiger partial charge on any atom is 0.261 e.